The quantitative estimate of drug-likeness (QED) is 0.272. The van der Waals surface area contributed by atoms with Gasteiger partial charge in [-0.15, -0.1) is 0 Å². The number of rotatable bonds is 1. The molecule has 0 amide bonds. The molecular weight excluding hydrogens is 460 g/mol. The predicted molar refractivity (Wildman–Crippen MR) is 96.5 cm³/mol. The maximum absolute atomic E-state index is 15.2. The van der Waals surface area contributed by atoms with Gasteiger partial charge in [0.05, 0.1) is 27.5 Å². The van der Waals surface area contributed by atoms with Crippen LogP contribution >= 0.6 is 0 Å². The topological polar surface area (TPSA) is 83.7 Å². The number of aliphatic imine (C=N–C) groups is 1. The van der Waals surface area contributed by atoms with E-state index >= 15 is 13.2 Å². The standard InChI is InChI=1S/C21H6F8N4/c1-33-5-7(4-32)9-15(23)11-13(21(29)19(9)27)16(24)10-12(17(11)25)20(28)18(26)8(14(10)22)6(2-30)3-31/h5,13,16H,1H3/b9-7-,33-5?. The molecule has 0 saturated heterocycles. The lowest BCUT2D eigenvalue weighted by Crippen LogP contribution is -2.38. The van der Waals surface area contributed by atoms with Crippen molar-refractivity contribution in [1.29, 1.82) is 15.8 Å². The molecule has 2 aliphatic carbocycles. The van der Waals surface area contributed by atoms with Gasteiger partial charge in [0.1, 0.15) is 53.3 Å². The molecule has 0 heterocycles. The molecule has 0 aromatic heterocycles. The molecular formula is C21H6F8N4. The van der Waals surface area contributed by atoms with Gasteiger partial charge in [-0.3, -0.25) is 4.99 Å². The second-order valence-corrected chi connectivity index (χ2v) is 6.57. The number of hydrogen-bond acceptors (Lipinski definition) is 4. The van der Waals surface area contributed by atoms with E-state index in [-0.39, 0.29) is 0 Å². The monoisotopic (exact) mass is 466 g/mol. The van der Waals surface area contributed by atoms with Crippen LogP contribution in [0.4, 0.5) is 35.1 Å². The average Bonchev–Trinajstić information content (AvgIpc) is 2.79. The van der Waals surface area contributed by atoms with E-state index in [1.165, 1.54) is 6.07 Å². The molecule has 3 rings (SSSR count). The summed E-state index contributed by atoms with van der Waals surface area (Å²) in [5.41, 5.74) is -7.01. The van der Waals surface area contributed by atoms with E-state index in [4.69, 9.17) is 15.8 Å². The molecule has 2 aliphatic rings. The molecule has 0 spiro atoms. The molecule has 12 heteroatoms. The Kier molecular flexibility index (Phi) is 5.93. The van der Waals surface area contributed by atoms with E-state index in [0.29, 0.717) is 6.21 Å². The third-order valence-electron chi connectivity index (χ3n) is 4.97. The van der Waals surface area contributed by atoms with Gasteiger partial charge in [0.15, 0.2) is 17.5 Å². The fourth-order valence-electron chi connectivity index (χ4n) is 3.58. The van der Waals surface area contributed by atoms with Crippen LogP contribution in [-0.2, 0) is 0 Å². The summed E-state index contributed by atoms with van der Waals surface area (Å²) in [5, 5.41) is 23.3. The highest BCUT2D eigenvalue weighted by Gasteiger charge is 2.48. The number of nitrogens with zero attached hydrogens (tertiary/aromatic N) is 4. The predicted octanol–water partition coefficient (Wildman–Crippen LogP) is 3.93. The van der Waals surface area contributed by atoms with Crippen LogP contribution < -0.4 is 10.4 Å². The summed E-state index contributed by atoms with van der Waals surface area (Å²) in [4.78, 5) is 3.33. The van der Waals surface area contributed by atoms with Crippen LogP contribution in [0, 0.1) is 57.4 Å². The summed E-state index contributed by atoms with van der Waals surface area (Å²) in [6.07, 6.45) is -2.61. The van der Waals surface area contributed by atoms with Crippen molar-refractivity contribution in [2.45, 2.75) is 6.17 Å². The van der Waals surface area contributed by atoms with Crippen LogP contribution in [0.3, 0.4) is 0 Å². The van der Waals surface area contributed by atoms with Crippen molar-refractivity contribution >= 4 is 17.6 Å². The molecule has 1 aromatic carbocycles. The van der Waals surface area contributed by atoms with Crippen LogP contribution in [0.25, 0.3) is 11.4 Å². The zero-order valence-electron chi connectivity index (χ0n) is 16.0. The summed E-state index contributed by atoms with van der Waals surface area (Å²) < 4.78 is 119. The van der Waals surface area contributed by atoms with Gasteiger partial charge in [-0.2, -0.15) is 15.8 Å². The average molecular weight is 466 g/mol. The minimum absolute atomic E-state index is 0.595. The van der Waals surface area contributed by atoms with E-state index < -0.39 is 91.1 Å². The molecule has 2 atom stereocenters. The number of allylic oxidation sites excluding steroid dienone is 6. The van der Waals surface area contributed by atoms with Gasteiger partial charge >= 0.3 is 0 Å². The Labute approximate surface area is 179 Å². The fourth-order valence-corrected chi connectivity index (χ4v) is 3.58. The highest BCUT2D eigenvalue weighted by atomic mass is 19.2. The largest absolute Gasteiger partial charge is 0.295 e. The van der Waals surface area contributed by atoms with Gasteiger partial charge in [0, 0.05) is 24.4 Å². The second kappa shape index (κ2) is 8.36. The van der Waals surface area contributed by atoms with Crippen LogP contribution in [0.5, 0.6) is 0 Å². The van der Waals surface area contributed by atoms with Crippen molar-refractivity contribution in [3.05, 3.63) is 67.7 Å². The molecule has 0 radical (unpaired) electrons. The number of benzene rings is 1. The van der Waals surface area contributed by atoms with Crippen molar-refractivity contribution in [3.8, 4) is 18.2 Å². The first kappa shape index (κ1) is 23.4. The van der Waals surface area contributed by atoms with Crippen molar-refractivity contribution in [2.24, 2.45) is 10.9 Å². The molecule has 2 unspecified atom stereocenters. The SMILES string of the molecule is CN=C/C(C#N)=C1\C(F)=C(F)C2C(=C1F)C(F)=c1c(F)c(F)c(=C(C#N)C#N)c(F)c1C2F. The first-order valence-corrected chi connectivity index (χ1v) is 8.66. The number of hydrogen-bond donors (Lipinski definition) is 0. The van der Waals surface area contributed by atoms with E-state index in [9.17, 15) is 22.0 Å². The lowest BCUT2D eigenvalue weighted by atomic mass is 9.76. The Morgan fingerprint density at radius 2 is 1.45 bits per heavy atom. The number of alkyl halides is 1. The maximum atomic E-state index is 15.2. The number of nitriles is 3. The Hall–Kier alpha value is -4.24. The molecule has 1 aromatic rings. The summed E-state index contributed by atoms with van der Waals surface area (Å²) in [5.74, 6) is -17.9. The molecule has 0 bridgehead atoms. The third-order valence-corrected chi connectivity index (χ3v) is 4.97. The van der Waals surface area contributed by atoms with Gasteiger partial charge in [0.2, 0.25) is 0 Å². The normalized spacial score (nSPS) is 21.3. The Balaban J connectivity index is 2.65. The van der Waals surface area contributed by atoms with E-state index in [1.54, 1.807) is 0 Å². The van der Waals surface area contributed by atoms with E-state index in [0.717, 1.165) is 19.2 Å². The summed E-state index contributed by atoms with van der Waals surface area (Å²) in [7, 11) is 1.08. The summed E-state index contributed by atoms with van der Waals surface area (Å²) >= 11 is 0. The van der Waals surface area contributed by atoms with Crippen LogP contribution in [0.15, 0.2) is 39.2 Å². The van der Waals surface area contributed by atoms with Crippen molar-refractivity contribution in [3.63, 3.8) is 0 Å². The fraction of sp³-hybridized carbons (Fsp3) is 0.143. The van der Waals surface area contributed by atoms with Gasteiger partial charge in [0.25, 0.3) is 0 Å². The molecule has 33 heavy (non-hydrogen) atoms. The molecule has 0 fully saturated rings. The van der Waals surface area contributed by atoms with Crippen molar-refractivity contribution in [2.75, 3.05) is 7.05 Å². The maximum Gasteiger partial charge on any atom is 0.171 e. The second-order valence-electron chi connectivity index (χ2n) is 6.57. The minimum atomic E-state index is -3.20. The van der Waals surface area contributed by atoms with Crippen LogP contribution in [-0.4, -0.2) is 13.3 Å². The first-order valence-electron chi connectivity index (χ1n) is 8.66. The molecule has 0 saturated carbocycles. The smallest absolute Gasteiger partial charge is 0.171 e. The van der Waals surface area contributed by atoms with Crippen LogP contribution in [0.1, 0.15) is 11.7 Å². The van der Waals surface area contributed by atoms with Crippen molar-refractivity contribution < 1.29 is 35.1 Å². The van der Waals surface area contributed by atoms with Gasteiger partial charge in [-0.25, -0.2) is 35.1 Å². The summed E-state index contributed by atoms with van der Waals surface area (Å²) in [6.45, 7) is 0. The Morgan fingerprint density at radius 1 is 0.848 bits per heavy atom. The highest BCUT2D eigenvalue weighted by molar-refractivity contribution is 5.88. The molecule has 166 valence electrons. The zero-order valence-corrected chi connectivity index (χ0v) is 16.0. The molecule has 0 N–H and O–H groups in total. The van der Waals surface area contributed by atoms with E-state index in [2.05, 4.69) is 4.99 Å². The van der Waals surface area contributed by atoms with Crippen molar-refractivity contribution in [1.82, 2.24) is 0 Å². The number of halogens is 8. The molecule has 0 aliphatic heterocycles. The lowest BCUT2D eigenvalue weighted by molar-refractivity contribution is 0.233. The lowest BCUT2D eigenvalue weighted by Gasteiger charge is -2.31. The summed E-state index contributed by atoms with van der Waals surface area (Å²) in [6, 6.07) is 3.39. The van der Waals surface area contributed by atoms with Crippen LogP contribution in [0.2, 0.25) is 0 Å². The Bertz CT molecular complexity index is 1480. The van der Waals surface area contributed by atoms with Gasteiger partial charge in [-0.1, -0.05) is 0 Å². The Morgan fingerprint density at radius 3 is 1.97 bits per heavy atom. The van der Waals surface area contributed by atoms with E-state index in [1.807, 2.05) is 0 Å². The first-order chi connectivity index (χ1) is 15.6. The van der Waals surface area contributed by atoms with Gasteiger partial charge < -0.3 is 0 Å². The zero-order chi connectivity index (χ0) is 24.8. The third kappa shape index (κ3) is 3.13. The highest BCUT2D eigenvalue weighted by Crippen LogP contribution is 2.52. The molecule has 4 nitrogen and oxygen atoms in total. The van der Waals surface area contributed by atoms with Gasteiger partial charge in [-0.05, 0) is 0 Å². The number of fused-ring (bicyclic) bond motifs is 2. The minimum Gasteiger partial charge on any atom is -0.295 e.